The van der Waals surface area contributed by atoms with Crippen LogP contribution in [0, 0.1) is 0 Å². The van der Waals surface area contributed by atoms with E-state index in [1.807, 2.05) is 0 Å². The minimum atomic E-state index is -2.24. The Balaban J connectivity index is 0.000000171. The number of carboxylic acids is 1. The number of benzene rings is 6. The summed E-state index contributed by atoms with van der Waals surface area (Å²) in [7, 11) is 3.94. The van der Waals surface area contributed by atoms with E-state index in [0.717, 1.165) is 0 Å². The number of nitrogens with zero attached hydrogens (tertiary/aromatic N) is 2. The number of aromatic hydroxyl groups is 6. The van der Waals surface area contributed by atoms with Crippen molar-refractivity contribution in [1.82, 2.24) is 10.9 Å². The van der Waals surface area contributed by atoms with Gasteiger partial charge in [-0.2, -0.15) is 10.2 Å². The van der Waals surface area contributed by atoms with Gasteiger partial charge in [-0.25, -0.2) is 10.9 Å². The highest BCUT2D eigenvalue weighted by atomic mass is 16.7. The first-order chi connectivity index (χ1) is 63.4. The molecule has 6 aromatic rings. The minimum Gasteiger partial charge on any atom is -0.507 e. The van der Waals surface area contributed by atoms with Crippen LogP contribution in [0.1, 0.15) is 246 Å². The van der Waals surface area contributed by atoms with Crippen molar-refractivity contribution in [3.05, 3.63) is 155 Å². The van der Waals surface area contributed by atoms with E-state index in [2.05, 4.69) is 21.1 Å². The summed E-state index contributed by atoms with van der Waals surface area (Å²) in [5, 5.41) is 182. The molecular formula is C91H103N7O36. The first-order valence-electron chi connectivity index (χ1n) is 42.7. The average Bonchev–Trinajstić information content (AvgIpc) is 0.717. The summed E-state index contributed by atoms with van der Waals surface area (Å²) < 4.78 is 51.5. The van der Waals surface area contributed by atoms with E-state index in [-0.39, 0.29) is 134 Å². The molecule has 2 amide bonds. The van der Waals surface area contributed by atoms with Crippen molar-refractivity contribution >= 4 is 75.5 Å². The molecule has 12 unspecified atom stereocenters. The summed E-state index contributed by atoms with van der Waals surface area (Å²) in [4.78, 5) is 142. The number of Topliss-reactive ketones (excluding diaryl/α,β-unsaturated/α-hetero) is 2. The van der Waals surface area contributed by atoms with Gasteiger partial charge in [0.25, 0.3) is 0 Å². The van der Waals surface area contributed by atoms with Crippen LogP contribution in [0.2, 0.25) is 0 Å². The van der Waals surface area contributed by atoms with E-state index in [0.29, 0.717) is 0 Å². The Labute approximate surface area is 761 Å². The molecule has 134 heavy (non-hydrogen) atoms. The van der Waals surface area contributed by atoms with Crippen LogP contribution in [0.15, 0.2) is 64.8 Å². The fourth-order valence-electron chi connectivity index (χ4n) is 18.6. The fourth-order valence-corrected chi connectivity index (χ4v) is 18.6. The molecule has 43 nitrogen and oxygen atoms in total. The Morgan fingerprint density at radius 2 is 0.716 bits per heavy atom. The maximum atomic E-state index is 13.9. The third-order valence-corrected chi connectivity index (χ3v) is 25.7. The van der Waals surface area contributed by atoms with Gasteiger partial charge in [0, 0.05) is 152 Å². The number of nitrogens with one attached hydrogen (secondary N) is 2. The predicted octanol–water partition coefficient (Wildman–Crippen LogP) is 0.434. The summed E-state index contributed by atoms with van der Waals surface area (Å²) in [5.74, 6) is -12.5. The molecule has 3 saturated heterocycles. The monoisotopic (exact) mass is 1870 g/mol. The molecule has 18 atom stereocenters. The van der Waals surface area contributed by atoms with Crippen molar-refractivity contribution in [2.75, 3.05) is 41.2 Å². The number of methoxy groups -OCH3 is 3. The highest BCUT2D eigenvalue weighted by Crippen LogP contribution is 2.58. The minimum absolute atomic E-state index is 0.0110. The van der Waals surface area contributed by atoms with E-state index < -0.39 is 312 Å². The second-order valence-corrected chi connectivity index (χ2v) is 34.1. The van der Waals surface area contributed by atoms with Gasteiger partial charge in [0.05, 0.1) is 157 Å². The Kier molecular flexibility index (Phi) is 29.3. The molecule has 0 saturated carbocycles. The van der Waals surface area contributed by atoms with Gasteiger partial charge >= 0.3 is 5.97 Å². The Morgan fingerprint density at radius 3 is 0.993 bits per heavy atom. The van der Waals surface area contributed by atoms with Gasteiger partial charge in [-0.05, 0) is 39.0 Å². The third-order valence-electron chi connectivity index (χ3n) is 25.7. The van der Waals surface area contributed by atoms with Crippen molar-refractivity contribution in [3.63, 3.8) is 0 Å². The molecule has 43 heteroatoms. The molecule has 15 rings (SSSR count). The highest BCUT2D eigenvalue weighted by molar-refractivity contribution is 6.34. The van der Waals surface area contributed by atoms with Crippen LogP contribution in [0.3, 0.4) is 0 Å². The van der Waals surface area contributed by atoms with E-state index in [4.69, 9.17) is 64.9 Å². The number of hydrogen-bond acceptors (Lipinski definition) is 40. The van der Waals surface area contributed by atoms with Crippen molar-refractivity contribution in [1.29, 1.82) is 0 Å². The van der Waals surface area contributed by atoms with Crippen LogP contribution in [-0.2, 0) is 71.7 Å². The quantitative estimate of drug-likeness (QED) is 0.0222. The predicted molar refractivity (Wildman–Crippen MR) is 458 cm³/mol. The zero-order chi connectivity index (χ0) is 97.8. The maximum absolute atomic E-state index is 13.9. The number of hydrogen-bond donors (Lipinski definition) is 21. The van der Waals surface area contributed by atoms with E-state index in [9.17, 15) is 129 Å². The highest BCUT2D eigenvalue weighted by Gasteiger charge is 2.55. The van der Waals surface area contributed by atoms with Gasteiger partial charge in [0.2, 0.25) is 29.2 Å². The topological polar surface area (TPSA) is 721 Å². The number of carbonyl (C=O) groups excluding carboxylic acids is 10. The zero-order valence-corrected chi connectivity index (χ0v) is 73.3. The average molecular weight is 1870 g/mol. The molecule has 0 spiro atoms. The molecule has 3 heterocycles. The smallest absolute Gasteiger partial charge is 0.303 e. The number of aliphatic carboxylic acids is 1. The molecule has 3 aliphatic heterocycles. The number of aliphatic hydroxyl groups is 9. The first kappa shape index (κ1) is 99.4. The van der Waals surface area contributed by atoms with Crippen molar-refractivity contribution in [3.8, 4) is 51.7 Å². The van der Waals surface area contributed by atoms with Crippen LogP contribution in [0.5, 0.6) is 51.7 Å². The summed E-state index contributed by atoms with van der Waals surface area (Å²) >= 11 is 0. The molecule has 718 valence electrons. The van der Waals surface area contributed by atoms with Gasteiger partial charge in [0.15, 0.2) is 42.0 Å². The zero-order valence-electron chi connectivity index (χ0n) is 73.3. The van der Waals surface area contributed by atoms with Gasteiger partial charge in [-0.3, -0.25) is 52.7 Å². The molecule has 6 aliphatic carbocycles. The molecule has 0 bridgehead atoms. The maximum Gasteiger partial charge on any atom is 0.303 e. The van der Waals surface area contributed by atoms with E-state index in [1.54, 1.807) is 27.7 Å². The molecule has 24 N–H and O–H groups in total. The Bertz CT molecular complexity index is 5820. The number of phenols is 6. The number of ether oxygens (including phenoxy) is 9. The largest absolute Gasteiger partial charge is 0.507 e. The number of phenolic OH excluding ortho intramolecular Hbond substituents is 6. The number of hydrazone groups is 2. The number of fused-ring (bicyclic) bond motifs is 9. The van der Waals surface area contributed by atoms with Gasteiger partial charge in [-0.15, -0.1) is 0 Å². The molecule has 9 aliphatic rings. The summed E-state index contributed by atoms with van der Waals surface area (Å²) in [6.07, 6.45) is -16.7. The first-order valence-corrected chi connectivity index (χ1v) is 42.7. The summed E-state index contributed by atoms with van der Waals surface area (Å²) in [5.41, 5.74) is 10.7. The van der Waals surface area contributed by atoms with Crippen LogP contribution in [0.4, 0.5) is 0 Å². The summed E-state index contributed by atoms with van der Waals surface area (Å²) in [6, 6.07) is 10.7. The molecular weight excluding hydrogens is 1770 g/mol. The Morgan fingerprint density at radius 1 is 0.425 bits per heavy atom. The number of aliphatic hydroxyl groups excluding tert-OH is 6. The second kappa shape index (κ2) is 39.5. The lowest BCUT2D eigenvalue weighted by molar-refractivity contribution is -0.247. The van der Waals surface area contributed by atoms with Crippen LogP contribution in [0.25, 0.3) is 0 Å². The van der Waals surface area contributed by atoms with E-state index >= 15 is 0 Å². The summed E-state index contributed by atoms with van der Waals surface area (Å²) in [6.45, 7) is 3.56. The molecule has 3 fully saturated rings. The number of nitrogens with two attached hydrogens (primary N) is 3. The number of amides is 2. The van der Waals surface area contributed by atoms with Crippen LogP contribution in [-0.4, -0.2) is 289 Å². The molecule has 0 aromatic heterocycles. The van der Waals surface area contributed by atoms with Crippen LogP contribution < -0.4 is 42.3 Å². The number of carbonyl (C=O) groups is 11. The van der Waals surface area contributed by atoms with Gasteiger partial charge in [-0.1, -0.05) is 43.3 Å². The SMILES string of the molecule is CCC(=O)CCC(=O)N/N=C(\CO)[C@]1(O)Cc2c(O)c3c(c(O)c2[C@@H](OC2CC(N)C(O)C(C)O2)C1)C(=O)c1c(OC)cccc1C3=O.COc1cccc2c1C(=O)c1c(O)c3c(c(O)c1C2=O)C[C@@](O)(/C(CO)=N\NC(=O)CCC(=O)O)C[C@@H]3OC1CC(N)C(O)C(C)O1.COc1cccc2c1C(=O)c1c(O)c3c(c(O)c1C2=O)C[C@@](O)(C(=O)CO)C[C@@H]3OC1CC(N)C(O)C(C)O1. The standard InChI is InChI=1S/C33H39N3O12.C31H35N3O13.C27H29NO11/c1-4-15(38)8-9-22(39)36-35-21(13-37)33(45)11-17-25(20(12-33)48-23-10-18(34)28(40)14(2)47-23)32(44)27-26(30(17)42)29(41)16-6-5-7-19(46-3)24(16)31(27)43;1-12-26(39)15(32)8-21(46-12)47-17-10-31(44,18(11-35)33-34-19(36)6-7-20(37)38)9-14-23(17)30(43)25-24(28(14)41)27(40)13-4-3-5-16(45-2)22(13)29(25)42;1-10-22(31)13(28)6-17(38-10)39-15-8-27(36,16(30)9-29)7-12-19(15)26(35)21-20(24(12)33)23(32)11-4-3-5-14(37-2)18(11)25(21)34/h5-7,14,18,20,23,28,37,40,42,44-45H,4,8-13,34H2,1-3H3,(H,36,39);3-5,12,15,17,21,26,35,39,41,43-44H,6-11,32H2,1-2H3,(H,34,36)(H,37,38);3-5,10,13,15,17,22,29,31,33,35-36H,6-9,28H2,1-2H3/b35-21+;33-18-;/t14?,18?,20-,23?,28?,33-;12?,15?,17-,21?,26?,31-;10?,13?,15-,17?,22?,27-/m000/s1. The fraction of sp³-hybridized carbons (Fsp3) is 0.462. The lowest BCUT2D eigenvalue weighted by Gasteiger charge is -2.43. The van der Waals surface area contributed by atoms with E-state index in [1.165, 1.54) is 75.9 Å². The third kappa shape index (κ3) is 18.4. The number of rotatable bonds is 24. The molecule has 0 radical (unpaired) electrons. The Hall–Kier alpha value is -12.1. The number of carboxylic acid groups (broad SMARTS) is 1. The molecule has 6 aromatic carbocycles. The lowest BCUT2D eigenvalue weighted by Crippen LogP contribution is -2.53. The lowest BCUT2D eigenvalue weighted by atomic mass is 9.71. The van der Waals surface area contributed by atoms with Crippen molar-refractivity contribution in [2.24, 2.45) is 27.4 Å². The second-order valence-electron chi connectivity index (χ2n) is 34.1. The van der Waals surface area contributed by atoms with Crippen LogP contribution >= 0.6 is 0 Å². The van der Waals surface area contributed by atoms with Crippen molar-refractivity contribution < 1.29 is 177 Å². The van der Waals surface area contributed by atoms with Crippen molar-refractivity contribution in [2.45, 2.75) is 226 Å². The van der Waals surface area contributed by atoms with Gasteiger partial charge < -0.3 is 142 Å². The number of ketones is 8. The normalized spacial score (nSPS) is 27.7. The van der Waals surface area contributed by atoms with Gasteiger partial charge in [0.1, 0.15) is 80.9 Å².